The van der Waals surface area contributed by atoms with E-state index in [1.54, 1.807) is 54.6 Å². The summed E-state index contributed by atoms with van der Waals surface area (Å²) in [6, 6.07) is 22.6. The van der Waals surface area contributed by atoms with Crippen molar-refractivity contribution in [1.82, 2.24) is 4.98 Å². The summed E-state index contributed by atoms with van der Waals surface area (Å²) in [7, 11) is 0. The second-order valence-electron chi connectivity index (χ2n) is 8.86. The third-order valence-corrected chi connectivity index (χ3v) is 6.79. The molecule has 5 nitrogen and oxygen atoms in total. The summed E-state index contributed by atoms with van der Waals surface area (Å²) in [5.41, 5.74) is 5.59. The van der Waals surface area contributed by atoms with E-state index < -0.39 is 11.8 Å². The number of aryl methyl sites for hydroxylation is 3. The topological polar surface area (TPSA) is 63.4 Å². The summed E-state index contributed by atoms with van der Waals surface area (Å²) in [4.78, 5) is 33.5. The zero-order valence-electron chi connectivity index (χ0n) is 20.4. The largest absolute Gasteiger partial charge is 0.436 e. The molecule has 5 aromatic rings. The molecule has 0 radical (unpaired) electrons. The van der Waals surface area contributed by atoms with Crippen LogP contribution in [0.2, 0.25) is 10.0 Å². The molecule has 1 heterocycles. The van der Waals surface area contributed by atoms with Crippen LogP contribution < -0.4 is 4.90 Å². The minimum absolute atomic E-state index is 0.197. The normalized spacial score (nSPS) is 11.1. The van der Waals surface area contributed by atoms with Crippen molar-refractivity contribution in [2.75, 3.05) is 4.90 Å². The molecule has 37 heavy (non-hydrogen) atoms. The Hall–Kier alpha value is -3.93. The molecule has 1 aromatic heterocycles. The van der Waals surface area contributed by atoms with Gasteiger partial charge in [0, 0.05) is 5.56 Å². The summed E-state index contributed by atoms with van der Waals surface area (Å²) < 4.78 is 6.10. The van der Waals surface area contributed by atoms with Crippen molar-refractivity contribution in [2.45, 2.75) is 20.8 Å². The second-order valence-corrected chi connectivity index (χ2v) is 9.67. The van der Waals surface area contributed by atoms with Gasteiger partial charge < -0.3 is 4.42 Å². The van der Waals surface area contributed by atoms with Crippen molar-refractivity contribution in [2.24, 2.45) is 0 Å². The monoisotopic (exact) mass is 528 g/mol. The van der Waals surface area contributed by atoms with E-state index in [9.17, 15) is 9.59 Å². The molecule has 4 aromatic carbocycles. The van der Waals surface area contributed by atoms with E-state index in [0.717, 1.165) is 21.5 Å². The van der Waals surface area contributed by atoms with Crippen LogP contribution in [-0.4, -0.2) is 16.8 Å². The van der Waals surface area contributed by atoms with Gasteiger partial charge >= 0.3 is 0 Å². The number of rotatable bonds is 4. The highest BCUT2D eigenvalue weighted by Crippen LogP contribution is 2.34. The van der Waals surface area contributed by atoms with Crippen molar-refractivity contribution < 1.29 is 14.0 Å². The maximum absolute atomic E-state index is 13.9. The number of benzene rings is 4. The summed E-state index contributed by atoms with van der Waals surface area (Å²) in [6.45, 7) is 5.80. The van der Waals surface area contributed by atoms with Gasteiger partial charge in [-0.2, -0.15) is 0 Å². The Morgan fingerprint density at radius 2 is 1.35 bits per heavy atom. The lowest BCUT2D eigenvalue weighted by atomic mass is 10.1. The van der Waals surface area contributed by atoms with Gasteiger partial charge in [-0.05, 0) is 79.9 Å². The predicted molar refractivity (Wildman–Crippen MR) is 148 cm³/mol. The molecule has 0 fully saturated rings. The van der Waals surface area contributed by atoms with Crippen LogP contribution in [0.4, 0.5) is 5.69 Å². The number of anilines is 1. The molecule has 0 saturated carbocycles. The third-order valence-electron chi connectivity index (χ3n) is 6.13. The van der Waals surface area contributed by atoms with Crippen LogP contribution >= 0.6 is 23.2 Å². The van der Waals surface area contributed by atoms with Crippen LogP contribution in [0.25, 0.3) is 22.6 Å². The summed E-state index contributed by atoms with van der Waals surface area (Å²) in [6.07, 6.45) is 0. The van der Waals surface area contributed by atoms with E-state index in [0.29, 0.717) is 28.3 Å². The maximum Gasteiger partial charge on any atom is 0.266 e. The predicted octanol–water partition coefficient (Wildman–Crippen LogP) is 8.21. The minimum Gasteiger partial charge on any atom is -0.436 e. The Balaban J connectivity index is 1.68. The lowest BCUT2D eigenvalue weighted by Crippen LogP contribution is -2.38. The molecular weight excluding hydrogens is 507 g/mol. The molecule has 0 spiro atoms. The number of carbonyl (C=O) groups is 2. The number of amides is 2. The third kappa shape index (κ3) is 4.64. The van der Waals surface area contributed by atoms with Gasteiger partial charge in [0.2, 0.25) is 5.89 Å². The van der Waals surface area contributed by atoms with Gasteiger partial charge in [-0.3, -0.25) is 9.59 Å². The fraction of sp³-hybridized carbons (Fsp3) is 0.100. The number of halogens is 2. The zero-order valence-corrected chi connectivity index (χ0v) is 21.9. The summed E-state index contributed by atoms with van der Waals surface area (Å²) in [5.74, 6) is -0.750. The molecule has 0 N–H and O–H groups in total. The summed E-state index contributed by atoms with van der Waals surface area (Å²) >= 11 is 12.7. The Kier molecular flexibility index (Phi) is 6.59. The van der Waals surface area contributed by atoms with Gasteiger partial charge in [0.1, 0.15) is 5.52 Å². The lowest BCUT2D eigenvalue weighted by Gasteiger charge is -2.24. The van der Waals surface area contributed by atoms with E-state index in [1.807, 2.05) is 45.0 Å². The van der Waals surface area contributed by atoms with Gasteiger partial charge in [0.25, 0.3) is 11.8 Å². The molecule has 0 bridgehead atoms. The molecule has 7 heteroatoms. The molecule has 184 valence electrons. The molecule has 0 aliphatic heterocycles. The second kappa shape index (κ2) is 9.85. The first-order valence-corrected chi connectivity index (χ1v) is 12.4. The molecule has 0 saturated heterocycles. The van der Waals surface area contributed by atoms with Crippen LogP contribution in [0.3, 0.4) is 0 Å². The number of hydrogen-bond acceptors (Lipinski definition) is 4. The average molecular weight is 529 g/mol. The van der Waals surface area contributed by atoms with Crippen LogP contribution in [0, 0.1) is 20.8 Å². The van der Waals surface area contributed by atoms with Gasteiger partial charge in [0.15, 0.2) is 5.58 Å². The number of nitrogens with zero attached hydrogens (tertiary/aromatic N) is 2. The average Bonchev–Trinajstić information content (AvgIpc) is 3.30. The maximum atomic E-state index is 13.9. The molecule has 5 rings (SSSR count). The van der Waals surface area contributed by atoms with Gasteiger partial charge in [0.05, 0.1) is 26.9 Å². The highest BCUT2D eigenvalue weighted by Gasteiger charge is 2.30. The number of aromatic nitrogens is 1. The number of fused-ring (bicyclic) bond motifs is 1. The Morgan fingerprint density at radius 1 is 0.757 bits per heavy atom. The van der Waals surface area contributed by atoms with E-state index in [2.05, 4.69) is 4.98 Å². The number of hydrogen-bond donors (Lipinski definition) is 0. The van der Waals surface area contributed by atoms with Crippen LogP contribution in [0.15, 0.2) is 83.3 Å². The van der Waals surface area contributed by atoms with Gasteiger partial charge in [-0.1, -0.05) is 59.6 Å². The highest BCUT2D eigenvalue weighted by atomic mass is 35.5. The minimum atomic E-state index is -0.570. The van der Waals surface area contributed by atoms with Crippen molar-refractivity contribution in [1.29, 1.82) is 0 Å². The van der Waals surface area contributed by atoms with Crippen molar-refractivity contribution in [3.8, 4) is 11.5 Å². The van der Waals surface area contributed by atoms with E-state index in [-0.39, 0.29) is 21.2 Å². The van der Waals surface area contributed by atoms with E-state index in [4.69, 9.17) is 27.6 Å². The Labute approximate surface area is 224 Å². The van der Waals surface area contributed by atoms with Crippen molar-refractivity contribution in [3.63, 3.8) is 0 Å². The fourth-order valence-corrected chi connectivity index (χ4v) is 4.74. The molecule has 0 aliphatic rings. The molecule has 0 unspecified atom stereocenters. The van der Waals surface area contributed by atoms with Gasteiger partial charge in [-0.25, -0.2) is 9.88 Å². The van der Waals surface area contributed by atoms with Gasteiger partial charge in [-0.15, -0.1) is 0 Å². The lowest BCUT2D eigenvalue weighted by molar-refractivity contribution is 0.0897. The van der Waals surface area contributed by atoms with Crippen LogP contribution in [-0.2, 0) is 0 Å². The van der Waals surface area contributed by atoms with Crippen molar-refractivity contribution >= 4 is 51.8 Å². The highest BCUT2D eigenvalue weighted by molar-refractivity contribution is 6.39. The quantitative estimate of drug-likeness (QED) is 0.220. The SMILES string of the molecule is Cc1cc(C)c2oc(-c3ccc(C)c(N(C(=O)c4ccccc4Cl)C(=O)c4ccccc4Cl)c3)nc2c1. The standard InChI is InChI=1S/C30H22Cl2N2O3/c1-17-14-19(3)27-25(15-17)33-28(37-27)20-13-12-18(2)26(16-20)34(29(35)21-8-4-6-10-23(21)31)30(36)22-9-5-7-11-24(22)32/h4-16H,1-3H3. The smallest absolute Gasteiger partial charge is 0.266 e. The molecule has 2 amide bonds. The van der Waals surface area contributed by atoms with Crippen LogP contribution in [0.5, 0.6) is 0 Å². The van der Waals surface area contributed by atoms with Crippen molar-refractivity contribution in [3.05, 3.63) is 117 Å². The number of carbonyl (C=O) groups excluding carboxylic acids is 2. The molecular formula is C30H22Cl2N2O3. The summed E-state index contributed by atoms with van der Waals surface area (Å²) in [5, 5.41) is 0.478. The van der Waals surface area contributed by atoms with Crippen LogP contribution in [0.1, 0.15) is 37.4 Å². The number of imide groups is 1. The Morgan fingerprint density at radius 3 is 1.95 bits per heavy atom. The number of oxazole rings is 1. The first kappa shape index (κ1) is 24.8. The Bertz CT molecular complexity index is 1630. The molecule has 0 aliphatic carbocycles. The first-order valence-electron chi connectivity index (χ1n) is 11.6. The van der Waals surface area contributed by atoms with E-state index >= 15 is 0 Å². The fourth-order valence-electron chi connectivity index (χ4n) is 4.30. The zero-order chi connectivity index (χ0) is 26.3. The molecule has 0 atom stereocenters. The van der Waals surface area contributed by atoms with E-state index in [1.165, 1.54) is 0 Å². The first-order chi connectivity index (χ1) is 17.7.